The maximum Gasteiger partial charge on any atom is 0.276 e. The van der Waals surface area contributed by atoms with E-state index in [-0.39, 0.29) is 6.61 Å². The highest BCUT2D eigenvalue weighted by Gasteiger charge is 2.05. The summed E-state index contributed by atoms with van der Waals surface area (Å²) >= 11 is 0. The van der Waals surface area contributed by atoms with E-state index < -0.39 is 17.6 Å². The Bertz CT molecular complexity index is 821. The third kappa shape index (κ3) is 6.35. The molecule has 0 aliphatic carbocycles. The van der Waals surface area contributed by atoms with Crippen LogP contribution in [-0.2, 0) is 9.59 Å². The van der Waals surface area contributed by atoms with Crippen LogP contribution in [0.2, 0.25) is 0 Å². The normalized spacial score (nSPS) is 10.3. The molecule has 27 heavy (non-hydrogen) atoms. The Labute approximate surface area is 155 Å². The van der Waals surface area contributed by atoms with Crippen molar-refractivity contribution >= 4 is 17.9 Å². The molecule has 0 aliphatic rings. The first kappa shape index (κ1) is 19.8. The van der Waals surface area contributed by atoms with Gasteiger partial charge in [0.05, 0.1) is 14.2 Å². The van der Waals surface area contributed by atoms with Crippen LogP contribution in [0.4, 0.5) is 4.39 Å². The predicted octanol–water partition coefficient (Wildman–Crippen LogP) is 2.08. The minimum absolute atomic E-state index is 0.328. The van der Waals surface area contributed by atoms with Crippen molar-refractivity contribution in [2.45, 2.75) is 0 Å². The van der Waals surface area contributed by atoms with E-state index >= 15 is 0 Å². The largest absolute Gasteiger partial charge is 0.493 e. The molecule has 142 valence electrons. The fourth-order valence-corrected chi connectivity index (χ4v) is 2.02. The summed E-state index contributed by atoms with van der Waals surface area (Å²) in [4.78, 5) is 23.4. The van der Waals surface area contributed by atoms with Crippen molar-refractivity contribution in [1.29, 1.82) is 0 Å². The van der Waals surface area contributed by atoms with Gasteiger partial charge in [0, 0.05) is 6.08 Å². The second kappa shape index (κ2) is 9.81. The Morgan fingerprint density at radius 3 is 2.37 bits per heavy atom. The van der Waals surface area contributed by atoms with Crippen molar-refractivity contribution in [3.8, 4) is 17.2 Å². The van der Waals surface area contributed by atoms with Crippen LogP contribution < -0.4 is 25.1 Å². The van der Waals surface area contributed by atoms with Crippen LogP contribution in [-0.4, -0.2) is 32.6 Å². The van der Waals surface area contributed by atoms with E-state index in [2.05, 4.69) is 10.9 Å². The van der Waals surface area contributed by atoms with E-state index in [1.54, 1.807) is 24.3 Å². The van der Waals surface area contributed by atoms with E-state index in [9.17, 15) is 14.0 Å². The van der Waals surface area contributed by atoms with Gasteiger partial charge in [-0.05, 0) is 48.0 Å². The average molecular weight is 374 g/mol. The van der Waals surface area contributed by atoms with E-state index in [0.717, 1.165) is 0 Å². The lowest BCUT2D eigenvalue weighted by atomic mass is 10.2. The zero-order valence-corrected chi connectivity index (χ0v) is 14.8. The number of hydrazine groups is 1. The number of hydrogen-bond donors (Lipinski definition) is 2. The maximum atomic E-state index is 12.8. The zero-order chi connectivity index (χ0) is 19.6. The molecule has 0 saturated heterocycles. The second-order valence-electron chi connectivity index (χ2n) is 5.23. The van der Waals surface area contributed by atoms with Crippen molar-refractivity contribution in [3.63, 3.8) is 0 Å². The molecule has 2 rings (SSSR count). The van der Waals surface area contributed by atoms with Crippen LogP contribution in [0.15, 0.2) is 48.5 Å². The van der Waals surface area contributed by atoms with Gasteiger partial charge in [-0.3, -0.25) is 20.4 Å². The smallest absolute Gasteiger partial charge is 0.276 e. The Morgan fingerprint density at radius 2 is 1.70 bits per heavy atom. The lowest BCUT2D eigenvalue weighted by Gasteiger charge is -2.08. The number of nitrogens with one attached hydrogen (secondary N) is 2. The summed E-state index contributed by atoms with van der Waals surface area (Å²) in [5.41, 5.74) is 5.15. The molecule has 0 unspecified atom stereocenters. The summed E-state index contributed by atoms with van der Waals surface area (Å²) in [5, 5.41) is 0. The molecule has 0 heterocycles. The third-order valence-corrected chi connectivity index (χ3v) is 3.34. The molecule has 0 atom stereocenters. The van der Waals surface area contributed by atoms with Crippen molar-refractivity contribution in [3.05, 3.63) is 59.9 Å². The van der Waals surface area contributed by atoms with Crippen molar-refractivity contribution < 1.29 is 28.2 Å². The Morgan fingerprint density at radius 1 is 1.00 bits per heavy atom. The van der Waals surface area contributed by atoms with Gasteiger partial charge in [-0.2, -0.15) is 0 Å². The Balaban J connectivity index is 1.78. The third-order valence-electron chi connectivity index (χ3n) is 3.34. The number of amides is 2. The number of carbonyl (C=O) groups excluding carboxylic acids is 2. The first-order chi connectivity index (χ1) is 13.0. The summed E-state index contributed by atoms with van der Waals surface area (Å²) in [7, 11) is 3.05. The van der Waals surface area contributed by atoms with Gasteiger partial charge in [-0.15, -0.1) is 0 Å². The van der Waals surface area contributed by atoms with Gasteiger partial charge in [-0.25, -0.2) is 4.39 Å². The summed E-state index contributed by atoms with van der Waals surface area (Å²) < 4.78 is 28.2. The molecule has 0 saturated carbocycles. The van der Waals surface area contributed by atoms with Crippen LogP contribution in [0.3, 0.4) is 0 Å². The summed E-state index contributed by atoms with van der Waals surface area (Å²) in [5.74, 6) is -0.0440. The van der Waals surface area contributed by atoms with Crippen molar-refractivity contribution in [1.82, 2.24) is 10.9 Å². The number of benzene rings is 2. The van der Waals surface area contributed by atoms with Gasteiger partial charge in [-0.1, -0.05) is 6.07 Å². The van der Waals surface area contributed by atoms with Gasteiger partial charge < -0.3 is 14.2 Å². The topological polar surface area (TPSA) is 85.9 Å². The fraction of sp³-hybridized carbons (Fsp3) is 0.158. The highest BCUT2D eigenvalue weighted by molar-refractivity contribution is 5.93. The van der Waals surface area contributed by atoms with Gasteiger partial charge in [0.15, 0.2) is 18.1 Å². The van der Waals surface area contributed by atoms with E-state index in [4.69, 9.17) is 14.2 Å². The molecule has 0 spiro atoms. The predicted molar refractivity (Wildman–Crippen MR) is 96.8 cm³/mol. The Hall–Kier alpha value is -3.55. The van der Waals surface area contributed by atoms with Gasteiger partial charge in [0.1, 0.15) is 11.6 Å². The van der Waals surface area contributed by atoms with Crippen molar-refractivity contribution in [2.75, 3.05) is 20.8 Å². The number of methoxy groups -OCH3 is 2. The molecule has 0 radical (unpaired) electrons. The van der Waals surface area contributed by atoms with E-state index in [1.807, 2.05) is 0 Å². The molecule has 2 amide bonds. The molecule has 2 aromatic carbocycles. The summed E-state index contributed by atoms with van der Waals surface area (Å²) in [6.45, 7) is -0.328. The molecular formula is C19H19FN2O5. The molecular weight excluding hydrogens is 355 g/mol. The first-order valence-corrected chi connectivity index (χ1v) is 7.89. The number of hydrogen-bond acceptors (Lipinski definition) is 5. The minimum Gasteiger partial charge on any atom is -0.493 e. The van der Waals surface area contributed by atoms with E-state index in [1.165, 1.54) is 44.6 Å². The average Bonchev–Trinajstić information content (AvgIpc) is 2.69. The van der Waals surface area contributed by atoms with Crippen LogP contribution in [0.1, 0.15) is 5.56 Å². The van der Waals surface area contributed by atoms with Crippen LogP contribution in [0.25, 0.3) is 6.08 Å². The molecule has 0 aromatic heterocycles. The lowest BCUT2D eigenvalue weighted by molar-refractivity contribution is -0.128. The van der Waals surface area contributed by atoms with Crippen molar-refractivity contribution in [2.24, 2.45) is 0 Å². The van der Waals surface area contributed by atoms with Crippen LogP contribution >= 0.6 is 0 Å². The monoisotopic (exact) mass is 374 g/mol. The first-order valence-electron chi connectivity index (χ1n) is 7.89. The number of rotatable bonds is 7. The quantitative estimate of drug-likeness (QED) is 0.573. The maximum absolute atomic E-state index is 12.8. The Kier molecular flexibility index (Phi) is 7.18. The standard InChI is InChI=1S/C19H19FN2O5/c1-25-16-9-3-13(11-17(16)26-2)4-10-18(23)21-22-19(24)12-27-15-7-5-14(20)6-8-15/h3-11H,12H2,1-2H3,(H,21,23)(H,22,24)/b10-4+. The van der Waals surface area contributed by atoms with Gasteiger partial charge in [0.2, 0.25) is 0 Å². The SMILES string of the molecule is COc1ccc(/C=C/C(=O)NNC(=O)COc2ccc(F)cc2)cc1OC. The second-order valence-corrected chi connectivity index (χ2v) is 5.23. The van der Waals surface area contributed by atoms with E-state index in [0.29, 0.717) is 22.8 Å². The number of carbonyl (C=O) groups is 2. The molecule has 0 aliphatic heterocycles. The molecule has 2 N–H and O–H groups in total. The minimum atomic E-state index is -0.563. The van der Waals surface area contributed by atoms with Crippen LogP contribution in [0.5, 0.6) is 17.2 Å². The number of halogens is 1. The van der Waals surface area contributed by atoms with Crippen LogP contribution in [0, 0.1) is 5.82 Å². The highest BCUT2D eigenvalue weighted by atomic mass is 19.1. The summed E-state index contributed by atoms with van der Waals surface area (Å²) in [6.07, 6.45) is 2.81. The molecule has 7 nitrogen and oxygen atoms in total. The summed E-state index contributed by atoms with van der Waals surface area (Å²) in [6, 6.07) is 10.4. The van der Waals surface area contributed by atoms with Gasteiger partial charge >= 0.3 is 0 Å². The lowest BCUT2D eigenvalue weighted by Crippen LogP contribution is -2.43. The molecule has 8 heteroatoms. The molecule has 0 bridgehead atoms. The molecule has 2 aromatic rings. The zero-order valence-electron chi connectivity index (χ0n) is 14.8. The fourth-order valence-electron chi connectivity index (χ4n) is 2.02. The molecule has 0 fully saturated rings. The highest BCUT2D eigenvalue weighted by Crippen LogP contribution is 2.27. The number of ether oxygens (including phenoxy) is 3. The van der Waals surface area contributed by atoms with Gasteiger partial charge in [0.25, 0.3) is 11.8 Å².